The summed E-state index contributed by atoms with van der Waals surface area (Å²) in [6.07, 6.45) is 1.31. The van der Waals surface area contributed by atoms with Gasteiger partial charge in [0.05, 0.1) is 7.11 Å². The van der Waals surface area contributed by atoms with E-state index in [1.54, 1.807) is 20.1 Å². The third kappa shape index (κ3) is 5.59. The lowest BCUT2D eigenvalue weighted by Crippen LogP contribution is -2.26. The smallest absolute Gasteiger partial charge is 0.303 e. The van der Waals surface area contributed by atoms with Gasteiger partial charge < -0.3 is 19.7 Å². The molecule has 1 aromatic carbocycles. The maximum absolute atomic E-state index is 11.9. The third-order valence-electron chi connectivity index (χ3n) is 3.56. The minimum Gasteiger partial charge on any atom is -0.497 e. The molecule has 1 heterocycles. The lowest BCUT2D eigenvalue weighted by molar-refractivity contribution is -0.137. The molecule has 1 amide bonds. The number of unbranched alkanes of at least 4 members (excludes halogenated alkanes) is 1. The summed E-state index contributed by atoms with van der Waals surface area (Å²) in [5, 5.41) is 15.3. The van der Waals surface area contributed by atoms with Crippen LogP contribution in [0.5, 0.6) is 5.75 Å². The summed E-state index contributed by atoms with van der Waals surface area (Å²) in [5.41, 5.74) is 0.751. The Morgan fingerprint density at radius 3 is 2.80 bits per heavy atom. The number of hydrogen-bond acceptors (Lipinski definition) is 6. The number of rotatable bonds is 9. The van der Waals surface area contributed by atoms with Crippen molar-refractivity contribution in [2.24, 2.45) is 0 Å². The molecule has 2 rings (SSSR count). The van der Waals surface area contributed by atoms with Crippen LogP contribution < -0.4 is 10.1 Å². The molecule has 0 spiro atoms. The number of ether oxygens (including phenoxy) is 1. The van der Waals surface area contributed by atoms with Gasteiger partial charge >= 0.3 is 5.97 Å². The van der Waals surface area contributed by atoms with Gasteiger partial charge in [-0.1, -0.05) is 17.3 Å². The molecular weight excluding hydrogens is 326 g/mol. The molecule has 8 heteroatoms. The van der Waals surface area contributed by atoms with Crippen LogP contribution >= 0.6 is 0 Å². The van der Waals surface area contributed by atoms with Crippen molar-refractivity contribution in [3.8, 4) is 17.1 Å². The third-order valence-corrected chi connectivity index (χ3v) is 3.56. The predicted molar refractivity (Wildman–Crippen MR) is 88.9 cm³/mol. The Balaban J connectivity index is 1.90. The van der Waals surface area contributed by atoms with Gasteiger partial charge in [-0.25, -0.2) is 0 Å². The monoisotopic (exact) mass is 347 g/mol. The van der Waals surface area contributed by atoms with Crippen molar-refractivity contribution in [3.05, 3.63) is 30.2 Å². The lowest BCUT2D eigenvalue weighted by Gasteiger charge is -2.09. The summed E-state index contributed by atoms with van der Waals surface area (Å²) in [5.74, 6) is 0.364. The second kappa shape index (κ2) is 8.81. The second-order valence-electron chi connectivity index (χ2n) is 5.58. The highest BCUT2D eigenvalue weighted by atomic mass is 16.5. The van der Waals surface area contributed by atoms with Gasteiger partial charge in [0.25, 0.3) is 0 Å². The van der Waals surface area contributed by atoms with Crippen molar-refractivity contribution >= 4 is 11.9 Å². The fourth-order valence-corrected chi connectivity index (χ4v) is 2.23. The molecule has 0 aliphatic heterocycles. The normalized spacial score (nSPS) is 11.8. The minimum absolute atomic E-state index is 0.0659. The van der Waals surface area contributed by atoms with Gasteiger partial charge in [0.15, 0.2) is 0 Å². The zero-order chi connectivity index (χ0) is 18.2. The molecule has 25 heavy (non-hydrogen) atoms. The summed E-state index contributed by atoms with van der Waals surface area (Å²) in [6.45, 7) is 1.75. The summed E-state index contributed by atoms with van der Waals surface area (Å²) in [6, 6.07) is 6.84. The highest BCUT2D eigenvalue weighted by molar-refractivity contribution is 5.76. The molecule has 2 N–H and O–H groups in total. The number of carbonyl (C=O) groups excluding carboxylic acids is 1. The van der Waals surface area contributed by atoms with E-state index in [0.717, 1.165) is 5.56 Å². The van der Waals surface area contributed by atoms with Crippen molar-refractivity contribution in [1.29, 1.82) is 0 Å². The van der Waals surface area contributed by atoms with E-state index in [4.69, 9.17) is 14.4 Å². The quantitative estimate of drug-likeness (QED) is 0.670. The topological polar surface area (TPSA) is 115 Å². The van der Waals surface area contributed by atoms with Crippen molar-refractivity contribution in [1.82, 2.24) is 15.5 Å². The van der Waals surface area contributed by atoms with Gasteiger partial charge in [-0.2, -0.15) is 4.98 Å². The molecule has 1 unspecified atom stereocenters. The number of nitrogens with one attached hydrogen (secondary N) is 1. The number of carbonyl (C=O) groups is 2. The molecule has 1 atom stereocenters. The van der Waals surface area contributed by atoms with E-state index in [9.17, 15) is 9.59 Å². The molecule has 0 aliphatic carbocycles. The van der Waals surface area contributed by atoms with Gasteiger partial charge in [0.2, 0.25) is 17.6 Å². The first-order valence-corrected chi connectivity index (χ1v) is 7.98. The Hall–Kier alpha value is -2.90. The van der Waals surface area contributed by atoms with Crippen molar-refractivity contribution in [3.63, 3.8) is 0 Å². The summed E-state index contributed by atoms with van der Waals surface area (Å²) >= 11 is 0. The number of carboxylic acids is 1. The van der Waals surface area contributed by atoms with Gasteiger partial charge in [0.1, 0.15) is 11.8 Å². The fraction of sp³-hybridized carbons (Fsp3) is 0.412. The van der Waals surface area contributed by atoms with Crippen molar-refractivity contribution in [2.45, 2.75) is 38.6 Å². The number of methoxy groups -OCH3 is 1. The molecule has 0 aliphatic rings. The van der Waals surface area contributed by atoms with Gasteiger partial charge in [-0.05, 0) is 31.9 Å². The first kappa shape index (κ1) is 18.4. The molecule has 1 aromatic heterocycles. The number of benzene rings is 1. The van der Waals surface area contributed by atoms with E-state index in [2.05, 4.69) is 15.5 Å². The van der Waals surface area contributed by atoms with Crippen LogP contribution in [-0.4, -0.2) is 34.2 Å². The Morgan fingerprint density at radius 1 is 1.32 bits per heavy atom. The summed E-state index contributed by atoms with van der Waals surface area (Å²) < 4.78 is 10.4. The zero-order valence-electron chi connectivity index (χ0n) is 14.2. The maximum Gasteiger partial charge on any atom is 0.303 e. The lowest BCUT2D eigenvalue weighted by atomic mass is 10.2. The molecule has 0 radical (unpaired) electrons. The Bertz CT molecular complexity index is 729. The maximum atomic E-state index is 11.9. The highest BCUT2D eigenvalue weighted by Gasteiger charge is 2.17. The summed E-state index contributed by atoms with van der Waals surface area (Å²) in [7, 11) is 1.58. The fourth-order valence-electron chi connectivity index (χ4n) is 2.23. The van der Waals surface area contributed by atoms with Crippen LogP contribution in [0.3, 0.4) is 0 Å². The first-order chi connectivity index (χ1) is 12.0. The molecular formula is C17H21N3O5. The Morgan fingerprint density at radius 2 is 2.08 bits per heavy atom. The van der Waals surface area contributed by atoms with E-state index in [-0.39, 0.29) is 18.7 Å². The second-order valence-corrected chi connectivity index (χ2v) is 5.58. The van der Waals surface area contributed by atoms with Crippen molar-refractivity contribution in [2.75, 3.05) is 7.11 Å². The van der Waals surface area contributed by atoms with E-state index in [1.807, 2.05) is 18.2 Å². The Labute approximate surface area is 145 Å². The minimum atomic E-state index is -0.857. The van der Waals surface area contributed by atoms with Crippen LogP contribution in [0, 0.1) is 0 Å². The van der Waals surface area contributed by atoms with Gasteiger partial charge in [0, 0.05) is 18.4 Å². The molecule has 0 saturated carbocycles. The summed E-state index contributed by atoms with van der Waals surface area (Å²) in [4.78, 5) is 26.6. The highest BCUT2D eigenvalue weighted by Crippen LogP contribution is 2.22. The van der Waals surface area contributed by atoms with Crippen LogP contribution in [0.4, 0.5) is 0 Å². The number of amides is 1. The van der Waals surface area contributed by atoms with Gasteiger partial charge in [-0.3, -0.25) is 9.59 Å². The largest absolute Gasteiger partial charge is 0.497 e. The number of aromatic nitrogens is 2. The SMILES string of the molecule is COc1cccc(-c2noc(C(C)NC(=O)CCCCC(=O)O)n2)c1. The molecule has 0 fully saturated rings. The predicted octanol–water partition coefficient (Wildman–Crippen LogP) is 2.57. The standard InChI is InChI=1S/C17H21N3O5/c1-11(18-14(21)8-3-4-9-15(22)23)17-19-16(20-25-17)12-6-5-7-13(10-12)24-2/h5-7,10-11H,3-4,8-9H2,1-2H3,(H,18,21)(H,22,23). The molecule has 2 aromatic rings. The Kier molecular flexibility index (Phi) is 6.50. The zero-order valence-corrected chi connectivity index (χ0v) is 14.2. The number of hydrogen-bond donors (Lipinski definition) is 2. The molecule has 134 valence electrons. The first-order valence-electron chi connectivity index (χ1n) is 7.98. The van der Waals surface area contributed by atoms with E-state index < -0.39 is 12.0 Å². The number of nitrogens with zero attached hydrogens (tertiary/aromatic N) is 2. The van der Waals surface area contributed by atoms with Crippen LogP contribution in [0.1, 0.15) is 44.5 Å². The van der Waals surface area contributed by atoms with Crippen molar-refractivity contribution < 1.29 is 24.0 Å². The van der Waals surface area contributed by atoms with Crippen LogP contribution in [0.15, 0.2) is 28.8 Å². The van der Waals surface area contributed by atoms with Crippen LogP contribution in [0.25, 0.3) is 11.4 Å². The molecule has 0 saturated heterocycles. The number of aliphatic carboxylic acids is 1. The van der Waals surface area contributed by atoms with E-state index in [1.165, 1.54) is 0 Å². The molecule has 0 bridgehead atoms. The van der Waals surface area contributed by atoms with Crippen LogP contribution in [-0.2, 0) is 9.59 Å². The average molecular weight is 347 g/mol. The van der Waals surface area contributed by atoms with Crippen LogP contribution in [0.2, 0.25) is 0 Å². The van der Waals surface area contributed by atoms with E-state index in [0.29, 0.717) is 30.3 Å². The average Bonchev–Trinajstić information content (AvgIpc) is 3.09. The van der Waals surface area contributed by atoms with Gasteiger partial charge in [-0.15, -0.1) is 0 Å². The molecule has 8 nitrogen and oxygen atoms in total. The van der Waals surface area contributed by atoms with E-state index >= 15 is 0 Å². The number of carboxylic acid groups (broad SMARTS) is 1.